The van der Waals surface area contributed by atoms with Crippen LogP contribution in [-0.2, 0) is 115 Å². The Bertz CT molecular complexity index is 4900. The monoisotopic (exact) mass is 2400 g/mol. The number of rotatable bonds is 13. The Labute approximate surface area is 724 Å². The topological polar surface area (TPSA) is 258 Å². The molecule has 0 spiro atoms. The molecule has 0 unspecified atom stereocenters. The van der Waals surface area contributed by atoms with Crippen molar-refractivity contribution >= 4 is 60.9 Å². The maximum atomic E-state index is 10.0. The first-order valence-electron chi connectivity index (χ1n) is 33.6. The van der Waals surface area contributed by atoms with Gasteiger partial charge in [-0.3, -0.25) is 39.3 Å². The summed E-state index contributed by atoms with van der Waals surface area (Å²) in [4.78, 5) is 55.6. The number of carbonyl (C=O) groups is 3. The van der Waals surface area contributed by atoms with Gasteiger partial charge < -0.3 is 43.4 Å². The summed E-state index contributed by atoms with van der Waals surface area (Å²) in [6.07, 6.45) is 14.1. The molecule has 15 rings (SSSR count). The van der Waals surface area contributed by atoms with Crippen molar-refractivity contribution in [1.82, 2.24) is 29.9 Å². The number of oxazole rings is 3. The number of phenolic OH excluding ortho intramolecular Hbond substituents is 1. The standard InChI is InChI=1S/C15H10NO.C15H16NO.C13H8NO.C13H8NS.C9H7NO.C9H6NO.3C5H8O2.5Ir/c1-3-7-12(8-4-1)14-11-16-15(17-14)13-9-5-2-6-10-13;1-2-3-11-17-14-8-6-7-13(12-14)15-9-4-5-10-16-15;2*1-2-6-10(7-3-1)13-14-11-8-4-5-9-12(11)15-13;11-8-5-1-3-7-4-2-6-10-9(7)8;1-2-4-8(5-3-1)9-10-6-7-11-9;3*1-4(6)3-5(2)7;;;;;/h1-9,11H;4-6,8-10,12H,2-3,11H2,1H3;2*1-6,8-9H;1-6,11H;1-4,6-7H;3*3,6H,1-2H3;;;;;/q4*-1;;-1;;;;;;;;. The molecule has 4 N–H and O–H groups in total. The number of aliphatic hydroxyl groups is 3. The Hall–Kier alpha value is -10.2. The van der Waals surface area contributed by atoms with Gasteiger partial charge in [0, 0.05) is 158 Å². The number of hydrogen-bond donors (Lipinski definition) is 4. The molecule has 6 aromatic heterocycles. The van der Waals surface area contributed by atoms with Crippen LogP contribution in [0.1, 0.15) is 61.3 Å². The molecule has 0 saturated carbocycles. The van der Waals surface area contributed by atoms with Gasteiger partial charge in [-0.2, -0.15) is 11.3 Å². The van der Waals surface area contributed by atoms with E-state index in [0.717, 1.165) is 97.0 Å². The van der Waals surface area contributed by atoms with Crippen LogP contribution in [0.15, 0.2) is 322 Å². The van der Waals surface area contributed by atoms with Crippen molar-refractivity contribution in [1.29, 1.82) is 0 Å². The van der Waals surface area contributed by atoms with E-state index in [9.17, 15) is 19.5 Å². The second kappa shape index (κ2) is 55.2. The molecule has 0 fully saturated rings. The second-order valence-electron chi connectivity index (χ2n) is 22.7. The van der Waals surface area contributed by atoms with Crippen LogP contribution >= 0.6 is 11.3 Å². The third-order valence-corrected chi connectivity index (χ3v) is 14.7. The average molecular weight is 2400 g/mol. The van der Waals surface area contributed by atoms with E-state index in [1.165, 1.54) is 64.5 Å². The molecule has 5 radical (unpaired) electrons. The first-order chi connectivity index (χ1) is 51.9. The van der Waals surface area contributed by atoms with E-state index < -0.39 is 0 Å². The van der Waals surface area contributed by atoms with Crippen molar-refractivity contribution in [2.75, 3.05) is 6.61 Å². The van der Waals surface area contributed by atoms with E-state index in [0.29, 0.717) is 23.2 Å². The normalized spacial score (nSPS) is 10.1. The fourth-order valence-corrected chi connectivity index (χ4v) is 10.0. The van der Waals surface area contributed by atoms with Gasteiger partial charge in [-0.15, -0.1) is 157 Å². The SMILES string of the molecule is CC(=O)C=C(C)O.CC(=O)C=C(C)O.CC(=O)C=C(C)O.CCCCOc1cc[c-]c(-c2ccccn2)c1.Oc1cccc2cccnc12.[Ir].[Ir].[Ir].[Ir].[Ir].[c-]1ccccc1-c1nc2ccccc2o1.[c-]1ccccc1-c1nc2ccccc2s1.[c-]1ccccc1-c1ncc(-c2ccccc2)o1.[c-]1ccccc1-c1ncco1. The van der Waals surface area contributed by atoms with Gasteiger partial charge in [-0.05, 0) is 96.1 Å². The molecule has 0 aliphatic rings. The number of hydrogen-bond acceptors (Lipinski definition) is 18. The van der Waals surface area contributed by atoms with Gasteiger partial charge >= 0.3 is 0 Å². The maximum Gasteiger partial charge on any atom is 0.155 e. The number of ketones is 3. The second-order valence-corrected chi connectivity index (χ2v) is 23.7. The maximum absolute atomic E-state index is 10.0. The van der Waals surface area contributed by atoms with Crippen LogP contribution in [0.3, 0.4) is 0 Å². The summed E-state index contributed by atoms with van der Waals surface area (Å²) in [5.41, 5.74) is 10.1. The van der Waals surface area contributed by atoms with Crippen LogP contribution in [0, 0.1) is 30.3 Å². The van der Waals surface area contributed by atoms with E-state index in [-0.39, 0.29) is 141 Å². The van der Waals surface area contributed by atoms with Crippen LogP contribution in [0.5, 0.6) is 11.5 Å². The number of phenols is 1. The first kappa shape index (κ1) is 97.9. The predicted molar refractivity (Wildman–Crippen MR) is 423 cm³/mol. The van der Waals surface area contributed by atoms with Crippen molar-refractivity contribution in [3.05, 3.63) is 340 Å². The molecule has 9 aromatic carbocycles. The summed E-state index contributed by atoms with van der Waals surface area (Å²) in [7, 11) is 0. The summed E-state index contributed by atoms with van der Waals surface area (Å²) >= 11 is 1.71. The minimum atomic E-state index is -0.125. The molecule has 17 nitrogen and oxygen atoms in total. The minimum Gasteiger partial charge on any atom is -0.513 e. The number of ether oxygens (including phenoxy) is 1. The fraction of sp³-hybridized carbons (Fsp3) is 0.112. The van der Waals surface area contributed by atoms with Crippen molar-refractivity contribution in [2.45, 2.75) is 61.3 Å². The number of allylic oxidation sites excluding steroid dienone is 6. The van der Waals surface area contributed by atoms with Gasteiger partial charge in [0.05, 0.1) is 53.6 Å². The Balaban J connectivity index is 0.000000433. The largest absolute Gasteiger partial charge is 0.513 e. The molecule has 23 heteroatoms. The quantitative estimate of drug-likeness (QED) is 0.0362. The Morgan fingerprint density at radius 2 is 0.982 bits per heavy atom. The Kier molecular flexibility index (Phi) is 48.3. The average Bonchev–Trinajstić information content (AvgIpc) is 1.63. The summed E-state index contributed by atoms with van der Waals surface area (Å²) in [6, 6.07) is 93.0. The molecule has 0 aliphatic carbocycles. The van der Waals surface area contributed by atoms with Crippen molar-refractivity contribution in [2.24, 2.45) is 0 Å². The third kappa shape index (κ3) is 36.3. The Morgan fingerprint density at radius 1 is 0.464 bits per heavy atom. The van der Waals surface area contributed by atoms with Crippen LogP contribution in [0.25, 0.3) is 99.7 Å². The smallest absolute Gasteiger partial charge is 0.155 e. The van der Waals surface area contributed by atoms with E-state index in [2.05, 4.69) is 73.2 Å². The molecule has 0 aliphatic heterocycles. The zero-order valence-electron chi connectivity index (χ0n) is 61.7. The molecular formula is C89H79Ir5N6O11S-5. The zero-order chi connectivity index (χ0) is 76.4. The van der Waals surface area contributed by atoms with Gasteiger partial charge in [0.25, 0.3) is 0 Å². The molecule has 0 atom stereocenters. The van der Waals surface area contributed by atoms with Crippen molar-refractivity contribution < 1.29 is 153 Å². The summed E-state index contributed by atoms with van der Waals surface area (Å²) in [6.45, 7) is 11.5. The molecule has 6 heterocycles. The number of aromatic hydroxyl groups is 1. The number of aliphatic hydroxyl groups excluding tert-OH is 3. The van der Waals surface area contributed by atoms with Gasteiger partial charge in [-0.1, -0.05) is 115 Å². The van der Waals surface area contributed by atoms with Crippen LogP contribution < -0.4 is 4.74 Å². The molecule has 0 saturated heterocycles. The predicted octanol–water partition coefficient (Wildman–Crippen LogP) is 21.8. The first-order valence-corrected chi connectivity index (χ1v) is 34.5. The molecular weight excluding hydrogens is 2320 g/mol. The number of unbranched alkanes of at least 4 members (excludes halogenated alkanes) is 1. The van der Waals surface area contributed by atoms with Crippen LogP contribution in [0.4, 0.5) is 0 Å². The van der Waals surface area contributed by atoms with E-state index in [4.69, 9.17) is 33.3 Å². The van der Waals surface area contributed by atoms with E-state index in [1.807, 2.05) is 224 Å². The number of para-hydroxylation sites is 4. The summed E-state index contributed by atoms with van der Waals surface area (Å²) in [5, 5.41) is 36.4. The number of aromatic nitrogens is 6. The third-order valence-electron chi connectivity index (χ3n) is 13.7. The van der Waals surface area contributed by atoms with E-state index in [1.54, 1.807) is 54.5 Å². The van der Waals surface area contributed by atoms with Gasteiger partial charge in [0.2, 0.25) is 0 Å². The Morgan fingerprint density at radius 3 is 1.49 bits per heavy atom. The fourth-order valence-electron chi connectivity index (χ4n) is 9.08. The number of carbonyl (C=O) groups excluding carboxylic acids is 3. The van der Waals surface area contributed by atoms with Gasteiger partial charge in [0.1, 0.15) is 40.3 Å². The number of nitrogens with zero attached hydrogens (tertiary/aromatic N) is 6. The number of fused-ring (bicyclic) bond motifs is 3. The number of pyridine rings is 2. The van der Waals surface area contributed by atoms with Crippen LogP contribution in [0.2, 0.25) is 0 Å². The summed E-state index contributed by atoms with van der Waals surface area (Å²) in [5.74, 6) is 3.55. The van der Waals surface area contributed by atoms with Gasteiger partial charge in [-0.25, -0.2) is 0 Å². The summed E-state index contributed by atoms with van der Waals surface area (Å²) < 4.78 is 23.3. The molecule has 0 amide bonds. The molecule has 15 aromatic rings. The van der Waals surface area contributed by atoms with Crippen molar-refractivity contribution in [3.8, 4) is 79.0 Å². The molecule has 0 bridgehead atoms. The van der Waals surface area contributed by atoms with E-state index >= 15 is 0 Å². The van der Waals surface area contributed by atoms with Crippen molar-refractivity contribution in [3.63, 3.8) is 0 Å². The number of benzene rings is 9. The molecule has 112 heavy (non-hydrogen) atoms. The zero-order valence-corrected chi connectivity index (χ0v) is 74.5. The van der Waals surface area contributed by atoms with Gasteiger partial charge in [0.15, 0.2) is 17.3 Å². The molecule has 587 valence electrons. The van der Waals surface area contributed by atoms with Crippen LogP contribution in [-0.4, -0.2) is 74.3 Å². The number of thiazole rings is 1. The minimum absolute atomic E-state index is 0.